The number of hydrogen-bond donors (Lipinski definition) is 2. The van der Waals surface area contributed by atoms with Gasteiger partial charge in [0.15, 0.2) is 0 Å². The van der Waals surface area contributed by atoms with Crippen LogP contribution in [0.15, 0.2) is 43.0 Å². The SMILES string of the molecule is CC(NC(C)(C)C(N)=O)c1ccc(-n2ccnc2)cc1. The fraction of sp³-hybridized carbons (Fsp3) is 0.333. The molecule has 20 heavy (non-hydrogen) atoms. The van der Waals surface area contributed by atoms with Crippen LogP contribution in [0.1, 0.15) is 32.4 Å². The monoisotopic (exact) mass is 272 g/mol. The Bertz CT molecular complexity index is 572. The van der Waals surface area contributed by atoms with Crippen LogP contribution in [0.4, 0.5) is 0 Å². The molecule has 0 aliphatic carbocycles. The molecule has 1 amide bonds. The number of benzene rings is 1. The van der Waals surface area contributed by atoms with Crippen molar-refractivity contribution in [1.29, 1.82) is 0 Å². The van der Waals surface area contributed by atoms with Crippen LogP contribution in [-0.2, 0) is 4.79 Å². The van der Waals surface area contributed by atoms with E-state index in [0.29, 0.717) is 0 Å². The van der Waals surface area contributed by atoms with Crippen molar-refractivity contribution in [2.75, 3.05) is 0 Å². The third-order valence-corrected chi connectivity index (χ3v) is 3.39. The maximum absolute atomic E-state index is 11.3. The molecule has 0 aliphatic rings. The molecule has 0 saturated carbocycles. The maximum Gasteiger partial charge on any atom is 0.237 e. The summed E-state index contributed by atoms with van der Waals surface area (Å²) >= 11 is 0. The average molecular weight is 272 g/mol. The summed E-state index contributed by atoms with van der Waals surface area (Å²) in [4.78, 5) is 15.4. The van der Waals surface area contributed by atoms with Crippen molar-refractivity contribution in [2.45, 2.75) is 32.4 Å². The number of imidazole rings is 1. The van der Waals surface area contributed by atoms with Crippen LogP contribution in [0.3, 0.4) is 0 Å². The Hall–Kier alpha value is -2.14. The predicted octanol–water partition coefficient (Wildman–Crippen LogP) is 1.79. The zero-order chi connectivity index (χ0) is 14.8. The van der Waals surface area contributed by atoms with Crippen LogP contribution in [0.2, 0.25) is 0 Å². The predicted molar refractivity (Wildman–Crippen MR) is 78.4 cm³/mol. The van der Waals surface area contributed by atoms with Gasteiger partial charge in [-0.2, -0.15) is 0 Å². The zero-order valence-electron chi connectivity index (χ0n) is 12.0. The fourth-order valence-corrected chi connectivity index (χ4v) is 2.04. The van der Waals surface area contributed by atoms with Crippen molar-refractivity contribution in [2.24, 2.45) is 5.73 Å². The summed E-state index contributed by atoms with van der Waals surface area (Å²) in [5, 5.41) is 3.23. The topological polar surface area (TPSA) is 72.9 Å². The molecule has 106 valence electrons. The van der Waals surface area contributed by atoms with E-state index in [0.717, 1.165) is 11.3 Å². The van der Waals surface area contributed by atoms with Gasteiger partial charge in [0.1, 0.15) is 0 Å². The third kappa shape index (κ3) is 3.05. The van der Waals surface area contributed by atoms with E-state index in [4.69, 9.17) is 5.73 Å². The van der Waals surface area contributed by atoms with Gasteiger partial charge >= 0.3 is 0 Å². The number of carbonyl (C=O) groups excluding carboxylic acids is 1. The number of rotatable bonds is 5. The van der Waals surface area contributed by atoms with Gasteiger partial charge in [-0.05, 0) is 38.5 Å². The Labute approximate surface area is 118 Å². The van der Waals surface area contributed by atoms with Gasteiger partial charge in [-0.1, -0.05) is 12.1 Å². The molecule has 1 atom stereocenters. The summed E-state index contributed by atoms with van der Waals surface area (Å²) in [5.41, 5.74) is 6.79. The first-order valence-electron chi connectivity index (χ1n) is 6.56. The number of carbonyl (C=O) groups is 1. The van der Waals surface area contributed by atoms with Gasteiger partial charge in [0.2, 0.25) is 5.91 Å². The summed E-state index contributed by atoms with van der Waals surface area (Å²) in [6.45, 7) is 5.58. The molecule has 1 aromatic carbocycles. The normalized spacial score (nSPS) is 13.2. The van der Waals surface area contributed by atoms with Crippen LogP contribution in [0.25, 0.3) is 5.69 Å². The number of aromatic nitrogens is 2. The van der Waals surface area contributed by atoms with Crippen molar-refractivity contribution in [1.82, 2.24) is 14.9 Å². The highest BCUT2D eigenvalue weighted by molar-refractivity contribution is 5.83. The van der Waals surface area contributed by atoms with Gasteiger partial charge in [0.25, 0.3) is 0 Å². The molecule has 1 unspecified atom stereocenters. The number of primary amides is 1. The standard InChI is InChI=1S/C15H20N4O/c1-11(18-15(2,3)14(16)20)12-4-6-13(7-5-12)19-9-8-17-10-19/h4-11,18H,1-3H3,(H2,16,20). The Kier molecular flexibility index (Phi) is 3.90. The molecule has 1 heterocycles. The van der Waals surface area contributed by atoms with Crippen LogP contribution in [0.5, 0.6) is 0 Å². The Balaban J connectivity index is 2.12. The molecule has 0 aliphatic heterocycles. The second-order valence-electron chi connectivity index (χ2n) is 5.42. The quantitative estimate of drug-likeness (QED) is 0.871. The number of amides is 1. The van der Waals surface area contributed by atoms with Gasteiger partial charge in [0.05, 0.1) is 11.9 Å². The molecule has 2 aromatic rings. The molecule has 5 nitrogen and oxygen atoms in total. The van der Waals surface area contributed by atoms with Gasteiger partial charge in [-0.15, -0.1) is 0 Å². The van der Waals surface area contributed by atoms with Crippen LogP contribution >= 0.6 is 0 Å². The Morgan fingerprint density at radius 2 is 2.00 bits per heavy atom. The average Bonchev–Trinajstić information content (AvgIpc) is 2.92. The van der Waals surface area contributed by atoms with E-state index in [1.54, 1.807) is 26.4 Å². The van der Waals surface area contributed by atoms with E-state index in [1.807, 2.05) is 42.0 Å². The molecule has 1 aromatic heterocycles. The van der Waals surface area contributed by atoms with Crippen molar-refractivity contribution >= 4 is 5.91 Å². The lowest BCUT2D eigenvalue weighted by atomic mass is 10.0. The maximum atomic E-state index is 11.3. The van der Waals surface area contributed by atoms with E-state index in [1.165, 1.54) is 0 Å². The molecule has 5 heteroatoms. The summed E-state index contributed by atoms with van der Waals surface area (Å²) in [5.74, 6) is -0.362. The van der Waals surface area contributed by atoms with Crippen LogP contribution in [-0.4, -0.2) is 21.0 Å². The first-order valence-corrected chi connectivity index (χ1v) is 6.56. The largest absolute Gasteiger partial charge is 0.368 e. The number of nitrogens with zero attached hydrogens (tertiary/aromatic N) is 2. The molecule has 0 saturated heterocycles. The molecular weight excluding hydrogens is 252 g/mol. The lowest BCUT2D eigenvalue weighted by Crippen LogP contribution is -2.51. The van der Waals surface area contributed by atoms with E-state index in [9.17, 15) is 4.79 Å². The van der Waals surface area contributed by atoms with Gasteiger partial charge in [-0.3, -0.25) is 10.1 Å². The molecule has 0 spiro atoms. The first kappa shape index (κ1) is 14.3. The van der Waals surface area contributed by atoms with Gasteiger partial charge in [-0.25, -0.2) is 4.98 Å². The smallest absolute Gasteiger partial charge is 0.237 e. The molecule has 2 rings (SSSR count). The first-order chi connectivity index (χ1) is 9.40. The Morgan fingerprint density at radius 1 is 1.35 bits per heavy atom. The van der Waals surface area contributed by atoms with E-state index < -0.39 is 5.54 Å². The highest BCUT2D eigenvalue weighted by Crippen LogP contribution is 2.18. The second kappa shape index (κ2) is 5.46. The van der Waals surface area contributed by atoms with E-state index in [2.05, 4.69) is 10.3 Å². The fourth-order valence-electron chi connectivity index (χ4n) is 2.04. The summed E-state index contributed by atoms with van der Waals surface area (Å²) in [7, 11) is 0. The molecule has 3 N–H and O–H groups in total. The lowest BCUT2D eigenvalue weighted by molar-refractivity contribution is -0.123. The molecule has 0 radical (unpaired) electrons. The number of hydrogen-bond acceptors (Lipinski definition) is 3. The van der Waals surface area contributed by atoms with E-state index >= 15 is 0 Å². The van der Waals surface area contributed by atoms with Crippen molar-refractivity contribution in [3.05, 3.63) is 48.5 Å². The van der Waals surface area contributed by atoms with Crippen molar-refractivity contribution in [3.8, 4) is 5.69 Å². The highest BCUT2D eigenvalue weighted by atomic mass is 16.1. The minimum atomic E-state index is -0.734. The summed E-state index contributed by atoms with van der Waals surface area (Å²) in [6, 6.07) is 8.14. The second-order valence-corrected chi connectivity index (χ2v) is 5.42. The minimum absolute atomic E-state index is 0.0364. The van der Waals surface area contributed by atoms with Crippen LogP contribution < -0.4 is 11.1 Å². The third-order valence-electron chi connectivity index (χ3n) is 3.39. The van der Waals surface area contributed by atoms with Crippen molar-refractivity contribution in [3.63, 3.8) is 0 Å². The van der Waals surface area contributed by atoms with Crippen molar-refractivity contribution < 1.29 is 4.79 Å². The zero-order valence-corrected chi connectivity index (χ0v) is 12.0. The molecule has 0 bridgehead atoms. The Morgan fingerprint density at radius 3 is 2.50 bits per heavy atom. The van der Waals surface area contributed by atoms with Crippen LogP contribution in [0, 0.1) is 0 Å². The molecule has 0 fully saturated rings. The van der Waals surface area contributed by atoms with Gasteiger partial charge < -0.3 is 10.3 Å². The minimum Gasteiger partial charge on any atom is -0.368 e. The summed E-state index contributed by atoms with van der Waals surface area (Å²) < 4.78 is 1.94. The van der Waals surface area contributed by atoms with E-state index in [-0.39, 0.29) is 11.9 Å². The summed E-state index contributed by atoms with van der Waals surface area (Å²) in [6.07, 6.45) is 5.40. The molecular formula is C15H20N4O. The highest BCUT2D eigenvalue weighted by Gasteiger charge is 2.26. The lowest BCUT2D eigenvalue weighted by Gasteiger charge is -2.27. The number of nitrogens with one attached hydrogen (secondary N) is 1. The van der Waals surface area contributed by atoms with Gasteiger partial charge in [0, 0.05) is 24.1 Å². The number of nitrogens with two attached hydrogens (primary N) is 1.